The van der Waals surface area contributed by atoms with E-state index in [4.69, 9.17) is 9.47 Å². The van der Waals surface area contributed by atoms with E-state index in [1.807, 2.05) is 6.07 Å². The summed E-state index contributed by atoms with van der Waals surface area (Å²) in [5.41, 5.74) is 2.41. The minimum atomic E-state index is 0.587. The maximum absolute atomic E-state index is 5.46. The van der Waals surface area contributed by atoms with Crippen molar-refractivity contribution in [2.75, 3.05) is 40.5 Å². The molecule has 2 N–H and O–H groups in total. The van der Waals surface area contributed by atoms with Crippen molar-refractivity contribution in [2.45, 2.75) is 33.2 Å². The number of methoxy groups -OCH3 is 2. The number of hydrogen-bond acceptors (Lipinski definition) is 5. The van der Waals surface area contributed by atoms with Crippen molar-refractivity contribution in [2.24, 2.45) is 4.99 Å². The number of rotatable bonds is 11. The summed E-state index contributed by atoms with van der Waals surface area (Å²) in [6.07, 6.45) is 3.48. The van der Waals surface area contributed by atoms with Crippen LogP contribution in [0.5, 0.6) is 5.75 Å². The largest absolute Gasteiger partial charge is 0.496 e. The van der Waals surface area contributed by atoms with Gasteiger partial charge in [0, 0.05) is 33.2 Å². The topological polar surface area (TPSA) is 85.6 Å². The zero-order valence-corrected chi connectivity index (χ0v) is 17.4. The minimum Gasteiger partial charge on any atom is -0.496 e. The van der Waals surface area contributed by atoms with Gasteiger partial charge in [-0.3, -0.25) is 4.99 Å². The number of aryl methyl sites for hydroxylation is 2. The highest BCUT2D eigenvalue weighted by Gasteiger charge is 2.05. The molecular weight excluding hydrogens is 356 g/mol. The van der Waals surface area contributed by atoms with Gasteiger partial charge in [-0.05, 0) is 25.0 Å². The number of aliphatic imine (C=N–C) groups is 1. The summed E-state index contributed by atoms with van der Waals surface area (Å²) in [4.78, 5) is 4.56. The molecule has 0 amide bonds. The quantitative estimate of drug-likeness (QED) is 0.345. The van der Waals surface area contributed by atoms with Crippen LogP contribution in [0.2, 0.25) is 0 Å². The summed E-state index contributed by atoms with van der Waals surface area (Å²) >= 11 is 0. The molecule has 2 rings (SSSR count). The fraction of sp³-hybridized carbons (Fsp3) is 0.550. The smallest absolute Gasteiger partial charge is 0.191 e. The number of ether oxygens (including phenoxy) is 2. The Kier molecular flexibility index (Phi) is 9.27. The zero-order valence-electron chi connectivity index (χ0n) is 17.4. The molecule has 1 heterocycles. The standard InChI is InChI=1S/C20H32N6O2/c1-5-19-25-24-15-26(19)12-10-22-20(23-11-13-27-3)21-9-8-17-14-16(2)6-7-18(17)28-4/h6-7,14-15H,5,8-13H2,1-4H3,(H2,21,22,23). The predicted molar refractivity (Wildman–Crippen MR) is 111 cm³/mol. The Morgan fingerprint density at radius 2 is 2.04 bits per heavy atom. The van der Waals surface area contributed by atoms with Gasteiger partial charge >= 0.3 is 0 Å². The van der Waals surface area contributed by atoms with E-state index in [0.717, 1.165) is 50.0 Å². The number of guanidine groups is 1. The van der Waals surface area contributed by atoms with E-state index < -0.39 is 0 Å². The molecule has 0 aliphatic carbocycles. The molecule has 0 radical (unpaired) electrons. The van der Waals surface area contributed by atoms with E-state index in [2.05, 4.69) is 56.4 Å². The average Bonchev–Trinajstić information content (AvgIpc) is 3.15. The Morgan fingerprint density at radius 3 is 2.79 bits per heavy atom. The summed E-state index contributed by atoms with van der Waals surface area (Å²) in [6, 6.07) is 6.24. The van der Waals surface area contributed by atoms with Crippen LogP contribution in [-0.4, -0.2) is 61.2 Å². The average molecular weight is 389 g/mol. The second-order valence-electron chi connectivity index (χ2n) is 6.44. The van der Waals surface area contributed by atoms with Crippen LogP contribution in [0.1, 0.15) is 23.9 Å². The Bertz CT molecular complexity index is 744. The highest BCUT2D eigenvalue weighted by Crippen LogP contribution is 2.19. The molecule has 0 saturated carbocycles. The van der Waals surface area contributed by atoms with Crippen molar-refractivity contribution in [1.29, 1.82) is 0 Å². The molecule has 1 aromatic carbocycles. The Balaban J connectivity index is 1.88. The fourth-order valence-corrected chi connectivity index (χ4v) is 2.88. The molecule has 0 saturated heterocycles. The molecule has 0 fully saturated rings. The molecular formula is C20H32N6O2. The molecule has 2 aromatic rings. The summed E-state index contributed by atoms with van der Waals surface area (Å²) in [5.74, 6) is 2.67. The van der Waals surface area contributed by atoms with Gasteiger partial charge in [0.15, 0.2) is 5.96 Å². The molecule has 8 heteroatoms. The second kappa shape index (κ2) is 12.0. The van der Waals surface area contributed by atoms with Crippen LogP contribution in [-0.2, 0) is 24.1 Å². The van der Waals surface area contributed by atoms with Gasteiger partial charge in [-0.1, -0.05) is 24.6 Å². The van der Waals surface area contributed by atoms with E-state index in [1.54, 1.807) is 20.5 Å². The molecule has 0 atom stereocenters. The minimum absolute atomic E-state index is 0.587. The van der Waals surface area contributed by atoms with Crippen molar-refractivity contribution >= 4 is 5.96 Å². The summed E-state index contributed by atoms with van der Waals surface area (Å²) in [7, 11) is 3.38. The molecule has 154 valence electrons. The first-order valence-corrected chi connectivity index (χ1v) is 9.69. The van der Waals surface area contributed by atoms with Gasteiger partial charge in [0.2, 0.25) is 0 Å². The fourth-order valence-electron chi connectivity index (χ4n) is 2.88. The number of nitrogens with one attached hydrogen (secondary N) is 2. The van der Waals surface area contributed by atoms with Crippen LogP contribution in [0.3, 0.4) is 0 Å². The first-order chi connectivity index (χ1) is 13.7. The molecule has 0 bridgehead atoms. The molecule has 0 unspecified atom stereocenters. The number of aromatic nitrogens is 3. The van der Waals surface area contributed by atoms with Gasteiger partial charge in [0.25, 0.3) is 0 Å². The van der Waals surface area contributed by atoms with Crippen LogP contribution in [0, 0.1) is 6.92 Å². The molecule has 0 aliphatic heterocycles. The Hall–Kier alpha value is -2.61. The van der Waals surface area contributed by atoms with Crippen LogP contribution in [0.25, 0.3) is 0 Å². The Morgan fingerprint density at radius 1 is 1.21 bits per heavy atom. The third kappa shape index (κ3) is 6.84. The summed E-state index contributed by atoms with van der Waals surface area (Å²) < 4.78 is 12.6. The third-order valence-electron chi connectivity index (χ3n) is 4.35. The van der Waals surface area contributed by atoms with E-state index in [0.29, 0.717) is 13.2 Å². The summed E-state index contributed by atoms with van der Waals surface area (Å²) in [5, 5.41) is 14.8. The van der Waals surface area contributed by atoms with Crippen molar-refractivity contribution in [3.8, 4) is 5.75 Å². The zero-order chi connectivity index (χ0) is 20.2. The molecule has 8 nitrogen and oxygen atoms in total. The predicted octanol–water partition coefficient (Wildman–Crippen LogP) is 1.58. The Labute approximate surface area is 167 Å². The molecule has 1 aromatic heterocycles. The van der Waals surface area contributed by atoms with Crippen molar-refractivity contribution in [3.05, 3.63) is 41.5 Å². The highest BCUT2D eigenvalue weighted by molar-refractivity contribution is 5.79. The van der Waals surface area contributed by atoms with Crippen LogP contribution in [0.15, 0.2) is 29.5 Å². The highest BCUT2D eigenvalue weighted by atomic mass is 16.5. The van der Waals surface area contributed by atoms with Crippen LogP contribution >= 0.6 is 0 Å². The van der Waals surface area contributed by atoms with Crippen LogP contribution in [0.4, 0.5) is 0 Å². The van der Waals surface area contributed by atoms with E-state index in [1.165, 1.54) is 11.1 Å². The maximum Gasteiger partial charge on any atom is 0.191 e. The maximum atomic E-state index is 5.46. The lowest BCUT2D eigenvalue weighted by Gasteiger charge is -2.14. The van der Waals surface area contributed by atoms with Gasteiger partial charge < -0.3 is 24.7 Å². The van der Waals surface area contributed by atoms with Gasteiger partial charge in [-0.25, -0.2) is 0 Å². The van der Waals surface area contributed by atoms with Gasteiger partial charge in [0.05, 0.1) is 20.3 Å². The molecule has 28 heavy (non-hydrogen) atoms. The molecule has 0 spiro atoms. The SMILES string of the molecule is CCc1nncn1CCNC(=NCCOC)NCCc1cc(C)ccc1OC. The van der Waals surface area contributed by atoms with Crippen molar-refractivity contribution < 1.29 is 9.47 Å². The van der Waals surface area contributed by atoms with E-state index in [-0.39, 0.29) is 0 Å². The van der Waals surface area contributed by atoms with E-state index >= 15 is 0 Å². The van der Waals surface area contributed by atoms with E-state index in [9.17, 15) is 0 Å². The third-order valence-corrected chi connectivity index (χ3v) is 4.35. The summed E-state index contributed by atoms with van der Waals surface area (Å²) in [6.45, 7) is 7.63. The lowest BCUT2D eigenvalue weighted by atomic mass is 10.1. The van der Waals surface area contributed by atoms with Crippen molar-refractivity contribution in [3.63, 3.8) is 0 Å². The first kappa shape index (κ1) is 21.7. The van der Waals surface area contributed by atoms with Gasteiger partial charge in [-0.2, -0.15) is 0 Å². The second-order valence-corrected chi connectivity index (χ2v) is 6.44. The number of nitrogens with zero attached hydrogens (tertiary/aromatic N) is 4. The van der Waals surface area contributed by atoms with Gasteiger partial charge in [-0.15, -0.1) is 10.2 Å². The van der Waals surface area contributed by atoms with Crippen LogP contribution < -0.4 is 15.4 Å². The van der Waals surface area contributed by atoms with Crippen molar-refractivity contribution in [1.82, 2.24) is 25.4 Å². The lowest BCUT2D eigenvalue weighted by molar-refractivity contribution is 0.208. The number of hydrogen-bond donors (Lipinski definition) is 2. The van der Waals surface area contributed by atoms with Gasteiger partial charge in [0.1, 0.15) is 17.9 Å². The molecule has 0 aliphatic rings. The number of benzene rings is 1. The normalized spacial score (nSPS) is 11.5. The lowest BCUT2D eigenvalue weighted by Crippen LogP contribution is -2.40. The monoisotopic (exact) mass is 388 g/mol. The first-order valence-electron chi connectivity index (χ1n) is 9.69.